The third-order valence-electron chi connectivity index (χ3n) is 4.27. The summed E-state index contributed by atoms with van der Waals surface area (Å²) in [7, 11) is 1.83. The Morgan fingerprint density at radius 1 is 1.26 bits per heavy atom. The predicted molar refractivity (Wildman–Crippen MR) is 91.6 cm³/mol. The van der Waals surface area contributed by atoms with Crippen LogP contribution in [0.4, 0.5) is 0 Å². The molecule has 0 atom stereocenters. The zero-order valence-corrected chi connectivity index (χ0v) is 14.0. The fourth-order valence-electron chi connectivity index (χ4n) is 2.93. The molecule has 0 radical (unpaired) electrons. The molecule has 0 bridgehead atoms. The van der Waals surface area contributed by atoms with Crippen molar-refractivity contribution in [3.8, 4) is 0 Å². The number of aromatic nitrogens is 1. The summed E-state index contributed by atoms with van der Waals surface area (Å²) >= 11 is 0. The molecular formula is C19H22N2O2. The summed E-state index contributed by atoms with van der Waals surface area (Å²) in [6, 6.07) is 10.2. The first kappa shape index (κ1) is 15.4. The van der Waals surface area contributed by atoms with Gasteiger partial charge in [0.15, 0.2) is 0 Å². The van der Waals surface area contributed by atoms with Crippen LogP contribution in [0.15, 0.2) is 47.2 Å². The van der Waals surface area contributed by atoms with Gasteiger partial charge in [-0.2, -0.15) is 0 Å². The van der Waals surface area contributed by atoms with Gasteiger partial charge in [0.05, 0.1) is 6.26 Å². The van der Waals surface area contributed by atoms with Crippen LogP contribution in [0.3, 0.4) is 0 Å². The SMILES string of the molecule is Cc1occc1CN(C)C(=O)c1cccc2c1ccn2C(C)C. The molecule has 1 aromatic carbocycles. The van der Waals surface area contributed by atoms with E-state index in [-0.39, 0.29) is 5.91 Å². The maximum absolute atomic E-state index is 12.9. The minimum absolute atomic E-state index is 0.0257. The first-order valence-electron chi connectivity index (χ1n) is 7.87. The van der Waals surface area contributed by atoms with Crippen LogP contribution in [0.1, 0.15) is 41.6 Å². The topological polar surface area (TPSA) is 38.4 Å². The number of fused-ring (bicyclic) bond motifs is 1. The molecule has 2 heterocycles. The molecule has 4 heteroatoms. The molecule has 0 fully saturated rings. The van der Waals surface area contributed by atoms with Gasteiger partial charge in [0.2, 0.25) is 0 Å². The van der Waals surface area contributed by atoms with Crippen LogP contribution in [0.25, 0.3) is 10.9 Å². The van der Waals surface area contributed by atoms with Crippen molar-refractivity contribution in [2.75, 3.05) is 7.05 Å². The van der Waals surface area contributed by atoms with Crippen LogP contribution in [0, 0.1) is 6.92 Å². The van der Waals surface area contributed by atoms with Crippen LogP contribution < -0.4 is 0 Å². The van der Waals surface area contributed by atoms with E-state index in [2.05, 4.69) is 24.5 Å². The van der Waals surface area contributed by atoms with Gasteiger partial charge in [-0.3, -0.25) is 4.79 Å². The molecule has 3 rings (SSSR count). The smallest absolute Gasteiger partial charge is 0.254 e. The number of hydrogen-bond acceptors (Lipinski definition) is 2. The molecule has 1 amide bonds. The van der Waals surface area contributed by atoms with Crippen LogP contribution in [0.5, 0.6) is 0 Å². The lowest BCUT2D eigenvalue weighted by atomic mass is 10.1. The summed E-state index contributed by atoms with van der Waals surface area (Å²) in [5.74, 6) is 0.881. The minimum atomic E-state index is 0.0257. The van der Waals surface area contributed by atoms with E-state index >= 15 is 0 Å². The number of aryl methyl sites for hydroxylation is 1. The van der Waals surface area contributed by atoms with E-state index in [1.165, 1.54) is 0 Å². The van der Waals surface area contributed by atoms with Crippen molar-refractivity contribution in [1.29, 1.82) is 0 Å². The predicted octanol–water partition coefficient (Wildman–Crippen LogP) is 4.40. The van der Waals surface area contributed by atoms with Crippen LogP contribution in [0.2, 0.25) is 0 Å². The Hall–Kier alpha value is -2.49. The number of furan rings is 1. The van der Waals surface area contributed by atoms with Crippen molar-refractivity contribution in [2.24, 2.45) is 0 Å². The zero-order chi connectivity index (χ0) is 16.6. The maximum atomic E-state index is 12.9. The van der Waals surface area contributed by atoms with Gasteiger partial charge in [-0.25, -0.2) is 0 Å². The second-order valence-corrected chi connectivity index (χ2v) is 6.22. The fourth-order valence-corrected chi connectivity index (χ4v) is 2.93. The average molecular weight is 310 g/mol. The van der Waals surface area contributed by atoms with Crippen molar-refractivity contribution in [3.05, 3.63) is 59.7 Å². The summed E-state index contributed by atoms with van der Waals surface area (Å²) < 4.78 is 7.50. The Bertz CT molecular complexity index is 842. The van der Waals surface area contributed by atoms with Gasteiger partial charge in [-0.05, 0) is 45.0 Å². The molecule has 120 valence electrons. The van der Waals surface area contributed by atoms with E-state index in [4.69, 9.17) is 4.42 Å². The van der Waals surface area contributed by atoms with Crippen molar-refractivity contribution in [2.45, 2.75) is 33.4 Å². The Morgan fingerprint density at radius 2 is 2.04 bits per heavy atom. The summed E-state index contributed by atoms with van der Waals surface area (Å²) in [5, 5.41) is 1.00. The summed E-state index contributed by atoms with van der Waals surface area (Å²) in [6.07, 6.45) is 3.71. The average Bonchev–Trinajstić information content (AvgIpc) is 3.12. The van der Waals surface area contributed by atoms with Crippen LogP contribution in [-0.4, -0.2) is 22.4 Å². The van der Waals surface area contributed by atoms with E-state index in [0.29, 0.717) is 12.6 Å². The molecule has 23 heavy (non-hydrogen) atoms. The monoisotopic (exact) mass is 310 g/mol. The van der Waals surface area contributed by atoms with Crippen molar-refractivity contribution < 1.29 is 9.21 Å². The fraction of sp³-hybridized carbons (Fsp3) is 0.316. The highest BCUT2D eigenvalue weighted by atomic mass is 16.3. The van der Waals surface area contributed by atoms with E-state index in [0.717, 1.165) is 27.8 Å². The summed E-state index contributed by atoms with van der Waals surface area (Å²) in [4.78, 5) is 14.6. The Morgan fingerprint density at radius 3 is 2.70 bits per heavy atom. The van der Waals surface area contributed by atoms with Gasteiger partial charge in [-0.1, -0.05) is 6.07 Å². The lowest BCUT2D eigenvalue weighted by Crippen LogP contribution is -2.26. The third kappa shape index (κ3) is 2.77. The Balaban J connectivity index is 1.93. The molecule has 0 saturated heterocycles. The molecule has 0 aliphatic heterocycles. The Kier molecular flexibility index (Phi) is 3.99. The molecule has 0 N–H and O–H groups in total. The second kappa shape index (κ2) is 5.95. The van der Waals surface area contributed by atoms with E-state index in [1.807, 2.05) is 44.4 Å². The van der Waals surface area contributed by atoms with Crippen molar-refractivity contribution >= 4 is 16.8 Å². The lowest BCUT2D eigenvalue weighted by molar-refractivity contribution is 0.0786. The third-order valence-corrected chi connectivity index (χ3v) is 4.27. The number of benzene rings is 1. The number of hydrogen-bond donors (Lipinski definition) is 0. The van der Waals surface area contributed by atoms with Gasteiger partial charge in [0, 0.05) is 47.9 Å². The summed E-state index contributed by atoms with van der Waals surface area (Å²) in [5.41, 5.74) is 2.87. The molecule has 3 aromatic rings. The van der Waals surface area contributed by atoms with Crippen molar-refractivity contribution in [3.63, 3.8) is 0 Å². The molecule has 0 aliphatic carbocycles. The number of amides is 1. The lowest BCUT2D eigenvalue weighted by Gasteiger charge is -2.18. The highest BCUT2D eigenvalue weighted by molar-refractivity contribution is 6.06. The first-order chi connectivity index (χ1) is 11.0. The number of carbonyl (C=O) groups excluding carboxylic acids is 1. The molecule has 0 spiro atoms. The van der Waals surface area contributed by atoms with Crippen molar-refractivity contribution in [1.82, 2.24) is 9.47 Å². The van der Waals surface area contributed by atoms with E-state index < -0.39 is 0 Å². The standard InChI is InChI=1S/C19H22N2O2/c1-13(2)21-10-8-16-17(6-5-7-18(16)21)19(22)20(4)12-15-9-11-23-14(15)3/h5-11,13H,12H2,1-4H3. The zero-order valence-electron chi connectivity index (χ0n) is 14.0. The Labute approximate surface area is 136 Å². The van der Waals surface area contributed by atoms with Gasteiger partial charge in [0.25, 0.3) is 5.91 Å². The maximum Gasteiger partial charge on any atom is 0.254 e. The quantitative estimate of drug-likeness (QED) is 0.716. The molecule has 0 unspecified atom stereocenters. The van der Waals surface area contributed by atoms with E-state index in [9.17, 15) is 4.79 Å². The number of nitrogens with zero attached hydrogens (tertiary/aromatic N) is 2. The second-order valence-electron chi connectivity index (χ2n) is 6.22. The van der Waals surface area contributed by atoms with Gasteiger partial charge in [0.1, 0.15) is 5.76 Å². The number of rotatable bonds is 4. The highest BCUT2D eigenvalue weighted by Gasteiger charge is 2.18. The van der Waals surface area contributed by atoms with Gasteiger partial charge in [-0.15, -0.1) is 0 Å². The summed E-state index contributed by atoms with van der Waals surface area (Å²) in [6.45, 7) is 6.74. The molecule has 4 nitrogen and oxygen atoms in total. The molecule has 0 aliphatic rings. The number of carbonyl (C=O) groups is 1. The largest absolute Gasteiger partial charge is 0.469 e. The first-order valence-corrected chi connectivity index (χ1v) is 7.87. The molecular weight excluding hydrogens is 288 g/mol. The van der Waals surface area contributed by atoms with Crippen LogP contribution in [-0.2, 0) is 6.54 Å². The normalized spacial score (nSPS) is 11.3. The van der Waals surface area contributed by atoms with Gasteiger partial charge < -0.3 is 13.9 Å². The molecule has 0 saturated carbocycles. The highest BCUT2D eigenvalue weighted by Crippen LogP contribution is 2.24. The molecule has 2 aromatic heterocycles. The van der Waals surface area contributed by atoms with Crippen LogP contribution >= 0.6 is 0 Å². The van der Waals surface area contributed by atoms with E-state index in [1.54, 1.807) is 11.2 Å². The van der Waals surface area contributed by atoms with Gasteiger partial charge >= 0.3 is 0 Å². The minimum Gasteiger partial charge on any atom is -0.469 e.